The highest BCUT2D eigenvalue weighted by molar-refractivity contribution is 7.80. The third kappa shape index (κ3) is 3.59. The molecule has 0 heterocycles. The standard InChI is InChI=1S/C13H14F3NOS/c14-13(15,16)9-3-1-2-4-10(9)18-8-12(5-6-12)7-11(17)19/h1-4H,5-8H2,(H2,17,19). The summed E-state index contributed by atoms with van der Waals surface area (Å²) in [6.07, 6.45) is -2.11. The second kappa shape index (κ2) is 5.00. The molecule has 1 aromatic carbocycles. The largest absolute Gasteiger partial charge is 0.492 e. The molecule has 1 aromatic rings. The zero-order valence-corrected chi connectivity index (χ0v) is 11.0. The maximum Gasteiger partial charge on any atom is 0.419 e. The fourth-order valence-electron chi connectivity index (χ4n) is 1.98. The van der Waals surface area contributed by atoms with E-state index in [2.05, 4.69) is 0 Å². The number of rotatable bonds is 5. The molecule has 2 N–H and O–H groups in total. The first kappa shape index (κ1) is 14.1. The molecule has 2 rings (SSSR count). The molecule has 1 fully saturated rings. The number of thiocarbonyl (C=S) groups is 1. The van der Waals surface area contributed by atoms with Crippen molar-refractivity contribution in [2.75, 3.05) is 6.61 Å². The van der Waals surface area contributed by atoms with Crippen molar-refractivity contribution in [3.8, 4) is 5.75 Å². The minimum atomic E-state index is -4.41. The normalized spacial score (nSPS) is 17.0. The molecule has 0 spiro atoms. The van der Waals surface area contributed by atoms with Crippen LogP contribution in [0.3, 0.4) is 0 Å². The highest BCUT2D eigenvalue weighted by Gasteiger charge is 2.44. The van der Waals surface area contributed by atoms with Crippen molar-refractivity contribution >= 4 is 17.2 Å². The third-order valence-electron chi connectivity index (χ3n) is 3.23. The fraction of sp³-hybridized carbons (Fsp3) is 0.462. The summed E-state index contributed by atoms with van der Waals surface area (Å²) in [6, 6.07) is 5.22. The van der Waals surface area contributed by atoms with Gasteiger partial charge in [-0.05, 0) is 25.0 Å². The van der Waals surface area contributed by atoms with Gasteiger partial charge in [-0.2, -0.15) is 13.2 Å². The van der Waals surface area contributed by atoms with Crippen LogP contribution in [-0.2, 0) is 6.18 Å². The number of nitrogens with two attached hydrogens (primary N) is 1. The molecular weight excluding hydrogens is 275 g/mol. The lowest BCUT2D eigenvalue weighted by molar-refractivity contribution is -0.139. The van der Waals surface area contributed by atoms with Gasteiger partial charge in [-0.15, -0.1) is 0 Å². The Hall–Kier alpha value is -1.30. The average molecular weight is 289 g/mol. The Labute approximate surface area is 114 Å². The summed E-state index contributed by atoms with van der Waals surface area (Å²) in [5.41, 5.74) is 4.57. The summed E-state index contributed by atoms with van der Waals surface area (Å²) >= 11 is 4.84. The highest BCUT2D eigenvalue weighted by Crippen LogP contribution is 2.49. The van der Waals surface area contributed by atoms with Crippen molar-refractivity contribution in [3.05, 3.63) is 29.8 Å². The lowest BCUT2D eigenvalue weighted by Gasteiger charge is -2.18. The van der Waals surface area contributed by atoms with E-state index >= 15 is 0 Å². The second-order valence-electron chi connectivity index (χ2n) is 4.93. The van der Waals surface area contributed by atoms with E-state index in [1.807, 2.05) is 0 Å². The predicted molar refractivity (Wildman–Crippen MR) is 70.0 cm³/mol. The first-order valence-corrected chi connectivity index (χ1v) is 6.31. The van der Waals surface area contributed by atoms with Gasteiger partial charge in [0, 0.05) is 11.8 Å². The van der Waals surface area contributed by atoms with E-state index in [1.165, 1.54) is 18.2 Å². The van der Waals surface area contributed by atoms with E-state index in [0.29, 0.717) is 11.4 Å². The lowest BCUT2D eigenvalue weighted by Crippen LogP contribution is -2.21. The summed E-state index contributed by atoms with van der Waals surface area (Å²) in [6.45, 7) is 0.220. The molecule has 104 valence electrons. The molecular formula is C13H14F3NOS. The quantitative estimate of drug-likeness (QED) is 0.842. The molecule has 1 aliphatic carbocycles. The topological polar surface area (TPSA) is 35.2 Å². The van der Waals surface area contributed by atoms with Gasteiger partial charge in [0.15, 0.2) is 0 Å². The van der Waals surface area contributed by atoms with E-state index in [1.54, 1.807) is 0 Å². The number of halogens is 3. The Balaban J connectivity index is 2.06. The number of para-hydroxylation sites is 1. The van der Waals surface area contributed by atoms with Crippen LogP contribution in [0.25, 0.3) is 0 Å². The zero-order valence-electron chi connectivity index (χ0n) is 10.2. The van der Waals surface area contributed by atoms with Gasteiger partial charge < -0.3 is 10.5 Å². The molecule has 0 unspecified atom stereocenters. The Bertz CT molecular complexity index is 483. The van der Waals surface area contributed by atoms with Crippen LogP contribution in [0.15, 0.2) is 24.3 Å². The van der Waals surface area contributed by atoms with Crippen molar-refractivity contribution in [2.45, 2.75) is 25.4 Å². The van der Waals surface area contributed by atoms with Crippen molar-refractivity contribution < 1.29 is 17.9 Å². The molecule has 0 aromatic heterocycles. The zero-order chi connectivity index (χ0) is 14.1. The second-order valence-corrected chi connectivity index (χ2v) is 5.45. The van der Waals surface area contributed by atoms with Gasteiger partial charge >= 0.3 is 6.18 Å². The molecule has 19 heavy (non-hydrogen) atoms. The van der Waals surface area contributed by atoms with E-state index in [9.17, 15) is 13.2 Å². The molecule has 0 bridgehead atoms. The van der Waals surface area contributed by atoms with Crippen LogP contribution in [0, 0.1) is 5.41 Å². The SMILES string of the molecule is NC(=S)CC1(COc2ccccc2C(F)(F)F)CC1. The predicted octanol–water partition coefficient (Wildman–Crippen LogP) is 3.54. The Morgan fingerprint density at radius 2 is 1.95 bits per heavy atom. The molecule has 1 aliphatic rings. The molecule has 0 aliphatic heterocycles. The minimum Gasteiger partial charge on any atom is -0.492 e. The van der Waals surface area contributed by atoms with E-state index < -0.39 is 11.7 Å². The first-order valence-electron chi connectivity index (χ1n) is 5.90. The van der Waals surface area contributed by atoms with Gasteiger partial charge in [0.2, 0.25) is 0 Å². The number of hydrogen-bond acceptors (Lipinski definition) is 2. The van der Waals surface area contributed by atoms with Crippen molar-refractivity contribution in [3.63, 3.8) is 0 Å². The van der Waals surface area contributed by atoms with Gasteiger partial charge in [0.1, 0.15) is 5.75 Å². The van der Waals surface area contributed by atoms with Gasteiger partial charge in [-0.3, -0.25) is 0 Å². The molecule has 0 radical (unpaired) electrons. The van der Waals surface area contributed by atoms with Crippen molar-refractivity contribution in [1.82, 2.24) is 0 Å². The van der Waals surface area contributed by atoms with Crippen LogP contribution >= 0.6 is 12.2 Å². The molecule has 6 heteroatoms. The Morgan fingerprint density at radius 3 is 2.47 bits per heavy atom. The van der Waals surface area contributed by atoms with Gasteiger partial charge in [-0.1, -0.05) is 24.4 Å². The van der Waals surface area contributed by atoms with Gasteiger partial charge in [0.25, 0.3) is 0 Å². The van der Waals surface area contributed by atoms with E-state index in [-0.39, 0.29) is 17.8 Å². The van der Waals surface area contributed by atoms with Crippen molar-refractivity contribution in [1.29, 1.82) is 0 Å². The minimum absolute atomic E-state index is 0.135. The molecule has 0 saturated heterocycles. The monoisotopic (exact) mass is 289 g/mol. The van der Waals surface area contributed by atoms with Crippen LogP contribution < -0.4 is 10.5 Å². The van der Waals surface area contributed by atoms with Crippen molar-refractivity contribution in [2.24, 2.45) is 11.1 Å². The Kier molecular flexibility index (Phi) is 3.71. The molecule has 1 saturated carbocycles. The fourth-order valence-corrected chi connectivity index (χ4v) is 2.28. The number of benzene rings is 1. The summed E-state index contributed by atoms with van der Waals surface area (Å²) in [5, 5.41) is 0. The Morgan fingerprint density at radius 1 is 1.32 bits per heavy atom. The average Bonchev–Trinajstić information content (AvgIpc) is 3.05. The summed E-state index contributed by atoms with van der Waals surface area (Å²) < 4.78 is 43.7. The molecule has 2 nitrogen and oxygen atoms in total. The third-order valence-corrected chi connectivity index (χ3v) is 3.38. The first-order chi connectivity index (χ1) is 8.82. The van der Waals surface area contributed by atoms with Crippen LogP contribution in [0.4, 0.5) is 13.2 Å². The van der Waals surface area contributed by atoms with E-state index in [4.69, 9.17) is 22.7 Å². The van der Waals surface area contributed by atoms with E-state index in [0.717, 1.165) is 18.9 Å². The van der Waals surface area contributed by atoms with Crippen LogP contribution in [0.1, 0.15) is 24.8 Å². The molecule has 0 atom stereocenters. The molecule has 0 amide bonds. The van der Waals surface area contributed by atoms with Crippen LogP contribution in [-0.4, -0.2) is 11.6 Å². The lowest BCUT2D eigenvalue weighted by atomic mass is 10.0. The summed E-state index contributed by atoms with van der Waals surface area (Å²) in [5.74, 6) is -0.135. The maximum absolute atomic E-state index is 12.8. The van der Waals surface area contributed by atoms with Gasteiger partial charge in [0.05, 0.1) is 17.2 Å². The highest BCUT2D eigenvalue weighted by atomic mass is 32.1. The summed E-state index contributed by atoms with van der Waals surface area (Å²) in [4.78, 5) is 0.380. The maximum atomic E-state index is 12.8. The number of hydrogen-bond donors (Lipinski definition) is 1. The van der Waals surface area contributed by atoms with Crippen LogP contribution in [0.5, 0.6) is 5.75 Å². The summed E-state index contributed by atoms with van der Waals surface area (Å²) in [7, 11) is 0. The number of ether oxygens (including phenoxy) is 1. The van der Waals surface area contributed by atoms with Gasteiger partial charge in [-0.25, -0.2) is 0 Å². The smallest absolute Gasteiger partial charge is 0.419 e. The number of alkyl halides is 3. The van der Waals surface area contributed by atoms with Crippen LogP contribution in [0.2, 0.25) is 0 Å².